The van der Waals surface area contributed by atoms with Crippen LogP contribution in [0, 0.1) is 11.2 Å². The number of hydrogen-bond donors (Lipinski definition) is 1. The highest BCUT2D eigenvalue weighted by atomic mass is 35.5. The molecule has 138 valence electrons. The lowest BCUT2D eigenvalue weighted by Crippen LogP contribution is -2.54. The van der Waals surface area contributed by atoms with E-state index in [0.717, 1.165) is 44.5 Å². The van der Waals surface area contributed by atoms with Crippen molar-refractivity contribution in [2.45, 2.75) is 38.6 Å². The Hall–Kier alpha value is -1.17. The number of halogens is 2. The van der Waals surface area contributed by atoms with Gasteiger partial charge >= 0.3 is 0 Å². The van der Waals surface area contributed by atoms with E-state index in [2.05, 4.69) is 4.90 Å². The van der Waals surface area contributed by atoms with Gasteiger partial charge in [0.1, 0.15) is 5.82 Å². The van der Waals surface area contributed by atoms with Gasteiger partial charge in [0.05, 0.1) is 0 Å². The molecule has 1 amide bonds. The monoisotopic (exact) mass is 368 g/mol. The molecule has 0 aliphatic carbocycles. The zero-order valence-corrected chi connectivity index (χ0v) is 15.3. The molecule has 4 nitrogen and oxygen atoms in total. The van der Waals surface area contributed by atoms with E-state index in [4.69, 9.17) is 16.7 Å². The third-order valence-corrected chi connectivity index (χ3v) is 5.84. The van der Waals surface area contributed by atoms with Crippen molar-refractivity contribution in [2.24, 2.45) is 5.41 Å². The van der Waals surface area contributed by atoms with Crippen molar-refractivity contribution in [1.82, 2.24) is 9.80 Å². The fraction of sp³-hybridized carbons (Fsp3) is 0.632. The molecule has 0 unspecified atom stereocenters. The molecule has 2 fully saturated rings. The number of rotatable bonds is 5. The maximum atomic E-state index is 13.2. The van der Waals surface area contributed by atoms with E-state index >= 15 is 0 Å². The van der Waals surface area contributed by atoms with Gasteiger partial charge in [0, 0.05) is 49.6 Å². The second kappa shape index (κ2) is 8.02. The molecule has 25 heavy (non-hydrogen) atoms. The average molecular weight is 369 g/mol. The highest BCUT2D eigenvalue weighted by molar-refractivity contribution is 6.31. The van der Waals surface area contributed by atoms with Crippen LogP contribution < -0.4 is 0 Å². The number of amides is 1. The molecule has 0 aromatic heterocycles. The van der Waals surface area contributed by atoms with Crippen LogP contribution in [0.3, 0.4) is 0 Å². The van der Waals surface area contributed by atoms with Crippen LogP contribution in [0.2, 0.25) is 5.02 Å². The standard InChI is InChI=1S/C19H26ClFN2O2/c20-17-11-16(21)4-3-15(17)12-22-8-1-6-19(13-22)7-5-18(25)23(14-19)9-2-10-24/h3-4,11,24H,1-2,5-10,12-14H2/t19-/m0/s1. The molecule has 6 heteroatoms. The maximum absolute atomic E-state index is 13.2. The summed E-state index contributed by atoms with van der Waals surface area (Å²) in [5.74, 6) is -0.105. The minimum Gasteiger partial charge on any atom is -0.396 e. The molecular formula is C19H26ClFN2O2. The third-order valence-electron chi connectivity index (χ3n) is 5.48. The number of nitrogens with zero attached hydrogens (tertiary/aromatic N) is 2. The van der Waals surface area contributed by atoms with Crippen molar-refractivity contribution >= 4 is 17.5 Å². The van der Waals surface area contributed by atoms with Crippen LogP contribution in [0.1, 0.15) is 37.7 Å². The van der Waals surface area contributed by atoms with E-state index in [0.29, 0.717) is 31.0 Å². The molecule has 2 aliphatic rings. The number of hydrogen-bond acceptors (Lipinski definition) is 3. The largest absolute Gasteiger partial charge is 0.396 e. The van der Waals surface area contributed by atoms with Gasteiger partial charge in [-0.05, 0) is 49.9 Å². The van der Waals surface area contributed by atoms with Crippen LogP contribution in [-0.2, 0) is 11.3 Å². The minimum absolute atomic E-state index is 0.117. The summed E-state index contributed by atoms with van der Waals surface area (Å²) < 4.78 is 13.2. The zero-order valence-electron chi connectivity index (χ0n) is 14.5. The van der Waals surface area contributed by atoms with E-state index in [1.54, 1.807) is 6.07 Å². The first-order chi connectivity index (χ1) is 12.0. The molecule has 1 spiro atoms. The summed E-state index contributed by atoms with van der Waals surface area (Å²) in [5.41, 5.74) is 1.08. The lowest BCUT2D eigenvalue weighted by molar-refractivity contribution is -0.139. The summed E-state index contributed by atoms with van der Waals surface area (Å²) in [6.07, 6.45) is 4.38. The predicted molar refractivity (Wildman–Crippen MR) is 95.9 cm³/mol. The number of piperidine rings is 2. The summed E-state index contributed by atoms with van der Waals surface area (Å²) in [6, 6.07) is 4.58. The molecule has 2 saturated heterocycles. The Bertz CT molecular complexity index is 627. The molecular weight excluding hydrogens is 343 g/mol. The Morgan fingerprint density at radius 1 is 1.28 bits per heavy atom. The SMILES string of the molecule is O=C1CC[C@]2(CCCN(Cc3ccc(F)cc3Cl)C2)CN1CCCO. The fourth-order valence-corrected chi connectivity index (χ4v) is 4.46. The highest BCUT2D eigenvalue weighted by Crippen LogP contribution is 2.39. The third kappa shape index (κ3) is 4.52. The van der Waals surface area contributed by atoms with E-state index < -0.39 is 0 Å². The Labute approximate surface area is 153 Å². The quantitative estimate of drug-likeness (QED) is 0.868. The minimum atomic E-state index is -0.311. The number of likely N-dealkylation sites (tertiary alicyclic amines) is 2. The molecule has 3 rings (SSSR count). The summed E-state index contributed by atoms with van der Waals surface area (Å²) in [4.78, 5) is 16.5. The van der Waals surface area contributed by atoms with Gasteiger partial charge in [-0.3, -0.25) is 9.69 Å². The Morgan fingerprint density at radius 2 is 2.12 bits per heavy atom. The molecule has 2 heterocycles. The molecule has 0 saturated carbocycles. The lowest BCUT2D eigenvalue weighted by atomic mass is 9.73. The van der Waals surface area contributed by atoms with Crippen LogP contribution in [0.5, 0.6) is 0 Å². The number of aliphatic hydroxyl groups excluding tert-OH is 1. The van der Waals surface area contributed by atoms with E-state index in [-0.39, 0.29) is 23.7 Å². The predicted octanol–water partition coefficient (Wildman–Crippen LogP) is 3.07. The van der Waals surface area contributed by atoms with Gasteiger partial charge in [0.2, 0.25) is 5.91 Å². The first-order valence-electron chi connectivity index (χ1n) is 9.06. The van der Waals surface area contributed by atoms with Crippen molar-refractivity contribution in [3.8, 4) is 0 Å². The topological polar surface area (TPSA) is 43.8 Å². The van der Waals surface area contributed by atoms with Gasteiger partial charge < -0.3 is 10.0 Å². The van der Waals surface area contributed by atoms with Crippen molar-refractivity contribution in [1.29, 1.82) is 0 Å². The second-order valence-corrected chi connectivity index (χ2v) is 7.85. The molecule has 0 bridgehead atoms. The van der Waals surface area contributed by atoms with Gasteiger partial charge in [-0.25, -0.2) is 4.39 Å². The van der Waals surface area contributed by atoms with Gasteiger partial charge in [-0.15, -0.1) is 0 Å². The molecule has 1 aromatic carbocycles. The van der Waals surface area contributed by atoms with E-state index in [1.165, 1.54) is 12.1 Å². The van der Waals surface area contributed by atoms with Crippen molar-refractivity contribution in [2.75, 3.05) is 32.8 Å². The van der Waals surface area contributed by atoms with Gasteiger partial charge in [-0.2, -0.15) is 0 Å². The van der Waals surface area contributed by atoms with Crippen LogP contribution in [-0.4, -0.2) is 53.6 Å². The Kier molecular flexibility index (Phi) is 5.97. The van der Waals surface area contributed by atoms with Crippen LogP contribution >= 0.6 is 11.6 Å². The fourth-order valence-electron chi connectivity index (χ4n) is 4.24. The number of carbonyl (C=O) groups excluding carboxylic acids is 1. The average Bonchev–Trinajstić information content (AvgIpc) is 2.59. The summed E-state index contributed by atoms with van der Waals surface area (Å²) in [5, 5.41) is 9.53. The lowest BCUT2D eigenvalue weighted by Gasteiger charge is -2.48. The first-order valence-corrected chi connectivity index (χ1v) is 9.44. The highest BCUT2D eigenvalue weighted by Gasteiger charge is 2.41. The summed E-state index contributed by atoms with van der Waals surface area (Å²) >= 11 is 6.18. The van der Waals surface area contributed by atoms with Gasteiger partial charge in [-0.1, -0.05) is 17.7 Å². The molecule has 1 atom stereocenters. The van der Waals surface area contributed by atoms with Crippen molar-refractivity contribution in [3.63, 3.8) is 0 Å². The molecule has 0 radical (unpaired) electrons. The normalized spacial score (nSPS) is 24.9. The molecule has 1 N–H and O–H groups in total. The Balaban J connectivity index is 1.66. The number of aliphatic hydroxyl groups is 1. The first kappa shape index (κ1) is 18.6. The van der Waals surface area contributed by atoms with Crippen LogP contribution in [0.15, 0.2) is 18.2 Å². The van der Waals surface area contributed by atoms with Gasteiger partial charge in [0.15, 0.2) is 0 Å². The van der Waals surface area contributed by atoms with Crippen molar-refractivity contribution in [3.05, 3.63) is 34.6 Å². The van der Waals surface area contributed by atoms with Gasteiger partial charge in [0.25, 0.3) is 0 Å². The second-order valence-electron chi connectivity index (χ2n) is 7.44. The molecule has 1 aromatic rings. The van der Waals surface area contributed by atoms with Crippen LogP contribution in [0.4, 0.5) is 4.39 Å². The maximum Gasteiger partial charge on any atom is 0.222 e. The summed E-state index contributed by atoms with van der Waals surface area (Å²) in [6.45, 7) is 4.18. The molecule has 2 aliphatic heterocycles. The zero-order chi connectivity index (χ0) is 17.9. The number of carbonyl (C=O) groups is 1. The van der Waals surface area contributed by atoms with E-state index in [1.807, 2.05) is 4.90 Å². The summed E-state index contributed by atoms with van der Waals surface area (Å²) in [7, 11) is 0. The van der Waals surface area contributed by atoms with Crippen LogP contribution in [0.25, 0.3) is 0 Å². The van der Waals surface area contributed by atoms with Crippen molar-refractivity contribution < 1.29 is 14.3 Å². The Morgan fingerprint density at radius 3 is 2.88 bits per heavy atom. The smallest absolute Gasteiger partial charge is 0.222 e. The van der Waals surface area contributed by atoms with E-state index in [9.17, 15) is 9.18 Å². The number of benzene rings is 1.